The zero-order valence-corrected chi connectivity index (χ0v) is 13.1. The summed E-state index contributed by atoms with van der Waals surface area (Å²) in [5, 5.41) is 2.75. The summed E-state index contributed by atoms with van der Waals surface area (Å²) < 4.78 is 13.8. The van der Waals surface area contributed by atoms with Gasteiger partial charge in [0, 0.05) is 25.4 Å². The van der Waals surface area contributed by atoms with E-state index in [9.17, 15) is 14.0 Å². The quantitative estimate of drug-likeness (QED) is 0.914. The van der Waals surface area contributed by atoms with Crippen LogP contribution in [0.15, 0.2) is 48.8 Å². The molecule has 2 aromatic rings. The fraction of sp³-hybridized carbons (Fsp3) is 0.278. The number of pyridine rings is 1. The number of aryl methyl sites for hydroxylation is 1. The van der Waals surface area contributed by atoms with Crippen LogP contribution in [-0.4, -0.2) is 29.4 Å². The molecule has 0 spiro atoms. The largest absolute Gasteiger partial charge is 0.344 e. The number of aromatic nitrogens is 1. The molecule has 0 aliphatic carbocycles. The molecule has 124 valence electrons. The third-order valence-electron chi connectivity index (χ3n) is 4.05. The molecule has 2 amide bonds. The molecule has 24 heavy (non-hydrogen) atoms. The molecule has 1 aliphatic rings. The minimum absolute atomic E-state index is 0.187. The van der Waals surface area contributed by atoms with Gasteiger partial charge < -0.3 is 10.2 Å². The first kappa shape index (κ1) is 16.1. The summed E-state index contributed by atoms with van der Waals surface area (Å²) >= 11 is 0. The molecule has 1 aliphatic heterocycles. The minimum Gasteiger partial charge on any atom is -0.344 e. The van der Waals surface area contributed by atoms with E-state index in [2.05, 4.69) is 10.3 Å². The smallest absolute Gasteiger partial charge is 0.249 e. The highest BCUT2D eigenvalue weighted by Crippen LogP contribution is 2.24. The lowest BCUT2D eigenvalue weighted by Crippen LogP contribution is -2.41. The van der Waals surface area contributed by atoms with Crippen molar-refractivity contribution < 1.29 is 14.0 Å². The number of nitrogens with one attached hydrogen (secondary N) is 1. The van der Waals surface area contributed by atoms with E-state index in [-0.39, 0.29) is 23.9 Å². The van der Waals surface area contributed by atoms with Crippen LogP contribution in [0.2, 0.25) is 0 Å². The van der Waals surface area contributed by atoms with Gasteiger partial charge in [-0.1, -0.05) is 18.2 Å². The maximum absolute atomic E-state index is 13.8. The van der Waals surface area contributed by atoms with Crippen LogP contribution in [0, 0.1) is 5.82 Å². The van der Waals surface area contributed by atoms with Crippen molar-refractivity contribution >= 4 is 17.5 Å². The number of para-hydroxylation sites is 1. The number of carbonyl (C=O) groups excluding carboxylic acids is 2. The van der Waals surface area contributed by atoms with Crippen LogP contribution in [0.1, 0.15) is 18.4 Å². The van der Waals surface area contributed by atoms with Crippen LogP contribution >= 0.6 is 0 Å². The molecule has 6 heteroatoms. The van der Waals surface area contributed by atoms with E-state index < -0.39 is 11.9 Å². The van der Waals surface area contributed by atoms with E-state index in [4.69, 9.17) is 0 Å². The average molecular weight is 327 g/mol. The first-order valence-electron chi connectivity index (χ1n) is 7.89. The van der Waals surface area contributed by atoms with Gasteiger partial charge in [-0.25, -0.2) is 4.39 Å². The third kappa shape index (κ3) is 3.59. The second-order valence-corrected chi connectivity index (χ2v) is 5.71. The molecule has 1 aromatic carbocycles. The van der Waals surface area contributed by atoms with Crippen molar-refractivity contribution in [2.24, 2.45) is 0 Å². The Morgan fingerprint density at radius 2 is 2.12 bits per heavy atom. The van der Waals surface area contributed by atoms with Crippen LogP contribution in [0.5, 0.6) is 0 Å². The fourth-order valence-corrected chi connectivity index (χ4v) is 2.79. The summed E-state index contributed by atoms with van der Waals surface area (Å²) in [5.74, 6) is -0.892. The van der Waals surface area contributed by atoms with E-state index in [0.29, 0.717) is 19.4 Å². The normalized spacial score (nSPS) is 17.1. The number of hydrogen-bond donors (Lipinski definition) is 1. The van der Waals surface area contributed by atoms with Gasteiger partial charge in [0.05, 0.1) is 5.69 Å². The van der Waals surface area contributed by atoms with Gasteiger partial charge in [-0.2, -0.15) is 0 Å². The lowest BCUT2D eigenvalue weighted by atomic mass is 10.1. The zero-order chi connectivity index (χ0) is 16.9. The van der Waals surface area contributed by atoms with Gasteiger partial charge in [-0.15, -0.1) is 0 Å². The first-order chi connectivity index (χ1) is 11.6. The van der Waals surface area contributed by atoms with Crippen molar-refractivity contribution in [2.45, 2.75) is 25.3 Å². The van der Waals surface area contributed by atoms with Crippen LogP contribution in [0.3, 0.4) is 0 Å². The summed E-state index contributed by atoms with van der Waals surface area (Å²) in [5.41, 5.74) is 1.23. The minimum atomic E-state index is -0.592. The average Bonchev–Trinajstić information content (AvgIpc) is 2.95. The lowest BCUT2D eigenvalue weighted by Gasteiger charge is -2.17. The molecule has 1 aromatic heterocycles. The SMILES string of the molecule is O=C(CCc1cccnc1)N[C@H]1CCN(c2ccccc2F)C1=O. The van der Waals surface area contributed by atoms with Crippen molar-refractivity contribution in [2.75, 3.05) is 11.4 Å². The molecule has 3 rings (SSSR count). The van der Waals surface area contributed by atoms with Gasteiger partial charge in [-0.3, -0.25) is 14.6 Å². The Morgan fingerprint density at radius 1 is 1.29 bits per heavy atom. The van der Waals surface area contributed by atoms with E-state index in [1.807, 2.05) is 12.1 Å². The Morgan fingerprint density at radius 3 is 2.88 bits per heavy atom. The van der Waals surface area contributed by atoms with E-state index in [1.54, 1.807) is 30.6 Å². The molecule has 1 saturated heterocycles. The van der Waals surface area contributed by atoms with Crippen LogP contribution in [0.25, 0.3) is 0 Å². The predicted molar refractivity (Wildman–Crippen MR) is 87.9 cm³/mol. The molecular formula is C18H18FN3O2. The van der Waals surface area contributed by atoms with Crippen molar-refractivity contribution in [1.82, 2.24) is 10.3 Å². The van der Waals surface area contributed by atoms with Crippen LogP contribution in [0.4, 0.5) is 10.1 Å². The monoisotopic (exact) mass is 327 g/mol. The van der Waals surface area contributed by atoms with E-state index in [1.165, 1.54) is 11.0 Å². The van der Waals surface area contributed by atoms with E-state index in [0.717, 1.165) is 5.56 Å². The number of carbonyl (C=O) groups is 2. The maximum atomic E-state index is 13.8. The van der Waals surface area contributed by atoms with Crippen molar-refractivity contribution in [1.29, 1.82) is 0 Å². The molecular weight excluding hydrogens is 309 g/mol. The molecule has 5 nitrogen and oxygen atoms in total. The second-order valence-electron chi connectivity index (χ2n) is 5.71. The number of anilines is 1. The standard InChI is InChI=1S/C18H18FN3O2/c19-14-5-1-2-6-16(14)22-11-9-15(18(22)24)21-17(23)8-7-13-4-3-10-20-12-13/h1-6,10,12,15H,7-9,11H2,(H,21,23)/t15-/m0/s1. The number of benzene rings is 1. The number of nitrogens with zero attached hydrogens (tertiary/aromatic N) is 2. The zero-order valence-electron chi connectivity index (χ0n) is 13.1. The highest BCUT2D eigenvalue weighted by molar-refractivity contribution is 6.01. The lowest BCUT2D eigenvalue weighted by molar-refractivity contribution is -0.126. The van der Waals surface area contributed by atoms with Gasteiger partial charge in [0.15, 0.2) is 0 Å². The molecule has 0 unspecified atom stereocenters. The topological polar surface area (TPSA) is 62.3 Å². The fourth-order valence-electron chi connectivity index (χ4n) is 2.79. The van der Waals surface area contributed by atoms with Crippen LogP contribution in [-0.2, 0) is 16.0 Å². The first-order valence-corrected chi connectivity index (χ1v) is 7.89. The Balaban J connectivity index is 1.56. The Bertz CT molecular complexity index is 736. The highest BCUT2D eigenvalue weighted by Gasteiger charge is 2.34. The molecule has 1 fully saturated rings. The highest BCUT2D eigenvalue weighted by atomic mass is 19.1. The Kier molecular flexibility index (Phi) is 4.84. The number of hydrogen-bond acceptors (Lipinski definition) is 3. The van der Waals surface area contributed by atoms with Crippen molar-refractivity contribution in [3.63, 3.8) is 0 Å². The predicted octanol–water partition coefficient (Wildman–Crippen LogP) is 2.08. The summed E-state index contributed by atoms with van der Waals surface area (Å²) in [6, 6.07) is 9.29. The molecule has 1 N–H and O–H groups in total. The molecule has 0 bridgehead atoms. The van der Waals surface area contributed by atoms with Gasteiger partial charge >= 0.3 is 0 Å². The Labute approximate surface area is 139 Å². The summed E-state index contributed by atoms with van der Waals surface area (Å²) in [4.78, 5) is 29.8. The van der Waals surface area contributed by atoms with Crippen molar-refractivity contribution in [3.05, 3.63) is 60.2 Å². The summed E-state index contributed by atoms with van der Waals surface area (Å²) in [6.45, 7) is 0.396. The third-order valence-corrected chi connectivity index (χ3v) is 4.05. The van der Waals surface area contributed by atoms with Crippen LogP contribution < -0.4 is 10.2 Å². The molecule has 0 radical (unpaired) electrons. The van der Waals surface area contributed by atoms with E-state index >= 15 is 0 Å². The summed E-state index contributed by atoms with van der Waals surface area (Å²) in [6.07, 6.45) is 4.73. The maximum Gasteiger partial charge on any atom is 0.249 e. The number of amides is 2. The summed E-state index contributed by atoms with van der Waals surface area (Å²) in [7, 11) is 0. The molecule has 1 atom stereocenters. The van der Waals surface area contributed by atoms with Crippen molar-refractivity contribution in [3.8, 4) is 0 Å². The van der Waals surface area contributed by atoms with Gasteiger partial charge in [0.1, 0.15) is 11.9 Å². The van der Waals surface area contributed by atoms with Gasteiger partial charge in [0.2, 0.25) is 11.8 Å². The number of rotatable bonds is 5. The molecule has 0 saturated carbocycles. The second kappa shape index (κ2) is 7.21. The number of halogens is 1. The molecule has 2 heterocycles. The van der Waals surface area contributed by atoms with Gasteiger partial charge in [0.25, 0.3) is 0 Å². The Hall–Kier alpha value is -2.76. The van der Waals surface area contributed by atoms with Gasteiger partial charge in [-0.05, 0) is 36.6 Å².